The van der Waals surface area contributed by atoms with Gasteiger partial charge in [0.2, 0.25) is 0 Å². The Morgan fingerprint density at radius 3 is 2.78 bits per heavy atom. The fourth-order valence-corrected chi connectivity index (χ4v) is 2.89. The van der Waals surface area contributed by atoms with Gasteiger partial charge in [-0.15, -0.1) is 0 Å². The van der Waals surface area contributed by atoms with Crippen LogP contribution in [0.5, 0.6) is 0 Å². The minimum atomic E-state index is -0.893. The number of aromatic carboxylic acids is 1. The Morgan fingerprint density at radius 1 is 1.28 bits per heavy atom. The van der Waals surface area contributed by atoms with Gasteiger partial charge < -0.3 is 5.11 Å². The molecule has 0 unspecified atom stereocenters. The molecular formula is C14H16N2O2. The first-order chi connectivity index (χ1) is 8.77. The van der Waals surface area contributed by atoms with Gasteiger partial charge in [0.15, 0.2) is 0 Å². The molecule has 1 fully saturated rings. The predicted octanol–water partition coefficient (Wildman–Crippen LogP) is 3.08. The standard InChI is InChI=1S/C14H16N2O2/c17-14(18)12-8-4-7-11-9-15-13(16(11)12)10-5-2-1-3-6-10/h4,7-10H,1-3,5-6H2,(H,17,18). The Bertz CT molecular complexity index is 582. The van der Waals surface area contributed by atoms with Crippen molar-refractivity contribution in [3.63, 3.8) is 0 Å². The molecule has 2 aromatic heterocycles. The van der Waals surface area contributed by atoms with Crippen LogP contribution < -0.4 is 0 Å². The van der Waals surface area contributed by atoms with Crippen LogP contribution in [0.15, 0.2) is 24.4 Å². The summed E-state index contributed by atoms with van der Waals surface area (Å²) in [5.74, 6) is 0.431. The molecule has 1 aliphatic carbocycles. The van der Waals surface area contributed by atoms with Crippen molar-refractivity contribution >= 4 is 11.5 Å². The monoisotopic (exact) mass is 244 g/mol. The summed E-state index contributed by atoms with van der Waals surface area (Å²) in [6, 6.07) is 5.32. The Balaban J connectivity index is 2.14. The number of pyridine rings is 1. The maximum Gasteiger partial charge on any atom is 0.352 e. The van der Waals surface area contributed by atoms with E-state index in [9.17, 15) is 9.90 Å². The molecule has 1 N–H and O–H groups in total. The normalized spacial score (nSPS) is 17.1. The highest BCUT2D eigenvalue weighted by Crippen LogP contribution is 2.32. The van der Waals surface area contributed by atoms with E-state index in [-0.39, 0.29) is 0 Å². The Labute approximate surface area is 105 Å². The second-order valence-electron chi connectivity index (χ2n) is 4.93. The van der Waals surface area contributed by atoms with Crippen molar-refractivity contribution in [2.45, 2.75) is 38.0 Å². The lowest BCUT2D eigenvalue weighted by Gasteiger charge is -2.21. The quantitative estimate of drug-likeness (QED) is 0.883. The van der Waals surface area contributed by atoms with Crippen molar-refractivity contribution < 1.29 is 9.90 Å². The van der Waals surface area contributed by atoms with Crippen molar-refractivity contribution in [2.75, 3.05) is 0 Å². The summed E-state index contributed by atoms with van der Waals surface area (Å²) in [5.41, 5.74) is 1.18. The number of carboxylic acids is 1. The minimum absolute atomic E-state index is 0.311. The van der Waals surface area contributed by atoms with Crippen molar-refractivity contribution in [2.24, 2.45) is 0 Å². The minimum Gasteiger partial charge on any atom is -0.477 e. The molecule has 4 nitrogen and oxygen atoms in total. The molecule has 0 atom stereocenters. The van der Waals surface area contributed by atoms with Crippen LogP contribution in [0, 0.1) is 0 Å². The number of hydrogen-bond acceptors (Lipinski definition) is 2. The number of imidazole rings is 1. The maximum absolute atomic E-state index is 11.3. The third kappa shape index (κ3) is 1.78. The lowest BCUT2D eigenvalue weighted by atomic mass is 9.88. The Morgan fingerprint density at radius 2 is 2.06 bits per heavy atom. The topological polar surface area (TPSA) is 54.6 Å². The van der Waals surface area contributed by atoms with Gasteiger partial charge >= 0.3 is 5.97 Å². The molecule has 18 heavy (non-hydrogen) atoms. The van der Waals surface area contributed by atoms with Gasteiger partial charge in [0.25, 0.3) is 0 Å². The van der Waals surface area contributed by atoms with Crippen molar-refractivity contribution in [3.05, 3.63) is 35.9 Å². The van der Waals surface area contributed by atoms with Gasteiger partial charge in [0, 0.05) is 5.92 Å². The molecule has 2 heterocycles. The lowest BCUT2D eigenvalue weighted by Crippen LogP contribution is -2.13. The predicted molar refractivity (Wildman–Crippen MR) is 68.0 cm³/mol. The molecule has 0 aromatic carbocycles. The van der Waals surface area contributed by atoms with Crippen LogP contribution in [-0.4, -0.2) is 20.5 Å². The van der Waals surface area contributed by atoms with E-state index in [0.717, 1.165) is 24.2 Å². The Kier molecular flexibility index (Phi) is 2.78. The molecule has 1 aliphatic rings. The fourth-order valence-electron chi connectivity index (χ4n) is 2.89. The Hall–Kier alpha value is -1.84. The molecule has 0 saturated heterocycles. The lowest BCUT2D eigenvalue weighted by molar-refractivity contribution is 0.0688. The molecule has 1 saturated carbocycles. The summed E-state index contributed by atoms with van der Waals surface area (Å²) in [7, 11) is 0. The number of hydrogen-bond donors (Lipinski definition) is 1. The van der Waals surface area contributed by atoms with Gasteiger partial charge in [0.1, 0.15) is 11.5 Å². The van der Waals surface area contributed by atoms with Crippen LogP contribution in [-0.2, 0) is 0 Å². The summed E-state index contributed by atoms with van der Waals surface area (Å²) in [4.78, 5) is 15.8. The number of carboxylic acid groups (broad SMARTS) is 1. The maximum atomic E-state index is 11.3. The highest BCUT2D eigenvalue weighted by molar-refractivity contribution is 5.86. The first kappa shape index (κ1) is 11.3. The molecule has 4 heteroatoms. The van der Waals surface area contributed by atoms with Crippen LogP contribution in [0.2, 0.25) is 0 Å². The smallest absolute Gasteiger partial charge is 0.352 e. The number of fused-ring (bicyclic) bond motifs is 1. The van der Waals surface area contributed by atoms with Crippen LogP contribution in [0.1, 0.15) is 54.3 Å². The molecule has 0 spiro atoms. The third-order valence-electron chi connectivity index (χ3n) is 3.77. The summed E-state index contributed by atoms with van der Waals surface area (Å²) >= 11 is 0. The third-order valence-corrected chi connectivity index (χ3v) is 3.77. The van der Waals surface area contributed by atoms with Crippen LogP contribution in [0.25, 0.3) is 5.52 Å². The van der Waals surface area contributed by atoms with Gasteiger partial charge in [0.05, 0.1) is 11.7 Å². The zero-order valence-electron chi connectivity index (χ0n) is 10.2. The summed E-state index contributed by atoms with van der Waals surface area (Å²) in [6.45, 7) is 0. The summed E-state index contributed by atoms with van der Waals surface area (Å²) < 4.78 is 1.80. The number of aromatic nitrogens is 2. The van der Waals surface area contributed by atoms with E-state index in [0.29, 0.717) is 11.6 Å². The van der Waals surface area contributed by atoms with Crippen molar-refractivity contribution in [3.8, 4) is 0 Å². The van der Waals surface area contributed by atoms with Crippen molar-refractivity contribution in [1.29, 1.82) is 0 Å². The van der Waals surface area contributed by atoms with Crippen LogP contribution in [0.3, 0.4) is 0 Å². The molecule has 0 radical (unpaired) electrons. The van der Waals surface area contributed by atoms with E-state index in [1.54, 1.807) is 22.7 Å². The van der Waals surface area contributed by atoms with Gasteiger partial charge in [-0.3, -0.25) is 4.40 Å². The average Bonchev–Trinajstić information content (AvgIpc) is 2.83. The molecule has 3 rings (SSSR count). The van der Waals surface area contributed by atoms with Crippen LogP contribution >= 0.6 is 0 Å². The molecule has 2 aromatic rings. The second-order valence-corrected chi connectivity index (χ2v) is 4.93. The number of carbonyl (C=O) groups is 1. The van der Waals surface area contributed by atoms with E-state index in [1.807, 2.05) is 6.07 Å². The van der Waals surface area contributed by atoms with Gasteiger partial charge in [-0.25, -0.2) is 9.78 Å². The van der Waals surface area contributed by atoms with Gasteiger partial charge in [-0.1, -0.05) is 25.3 Å². The first-order valence-corrected chi connectivity index (χ1v) is 6.47. The number of rotatable bonds is 2. The fraction of sp³-hybridized carbons (Fsp3) is 0.429. The summed E-state index contributed by atoms with van der Waals surface area (Å²) in [5, 5.41) is 9.28. The van der Waals surface area contributed by atoms with E-state index in [1.165, 1.54) is 19.3 Å². The average molecular weight is 244 g/mol. The molecular weight excluding hydrogens is 228 g/mol. The molecule has 0 bridgehead atoms. The largest absolute Gasteiger partial charge is 0.477 e. The summed E-state index contributed by atoms with van der Waals surface area (Å²) in [6.07, 6.45) is 7.73. The van der Waals surface area contributed by atoms with Gasteiger partial charge in [-0.05, 0) is 25.0 Å². The zero-order valence-corrected chi connectivity index (χ0v) is 10.2. The van der Waals surface area contributed by atoms with Crippen LogP contribution in [0.4, 0.5) is 0 Å². The highest BCUT2D eigenvalue weighted by atomic mass is 16.4. The van der Waals surface area contributed by atoms with E-state index in [2.05, 4.69) is 4.98 Å². The van der Waals surface area contributed by atoms with E-state index >= 15 is 0 Å². The second kappa shape index (κ2) is 4.44. The zero-order chi connectivity index (χ0) is 12.5. The van der Waals surface area contributed by atoms with Gasteiger partial charge in [-0.2, -0.15) is 0 Å². The molecule has 0 amide bonds. The SMILES string of the molecule is O=C(O)c1cccc2cnc(C3CCCCC3)n12. The molecule has 94 valence electrons. The van der Waals surface area contributed by atoms with E-state index < -0.39 is 5.97 Å². The number of nitrogens with zero attached hydrogens (tertiary/aromatic N) is 2. The van der Waals surface area contributed by atoms with Crippen molar-refractivity contribution in [1.82, 2.24) is 9.38 Å². The molecule has 0 aliphatic heterocycles. The first-order valence-electron chi connectivity index (χ1n) is 6.47. The highest BCUT2D eigenvalue weighted by Gasteiger charge is 2.22. The van der Waals surface area contributed by atoms with E-state index in [4.69, 9.17) is 0 Å².